The molecule has 1 aromatic rings. The molecule has 0 aliphatic carbocycles. The quantitative estimate of drug-likeness (QED) is 0.862. The molecule has 1 amide bonds. The minimum Gasteiger partial charge on any atom is -0.324 e. The van der Waals surface area contributed by atoms with Gasteiger partial charge in [-0.25, -0.2) is 0 Å². The molecule has 15 heavy (non-hydrogen) atoms. The first-order valence-electron chi connectivity index (χ1n) is 4.35. The number of hydrogen-bond acceptors (Lipinski definition) is 3. The normalized spacial score (nSPS) is 18.9. The van der Waals surface area contributed by atoms with Crippen LogP contribution in [0.25, 0.3) is 0 Å². The molecule has 76 valence electrons. The lowest BCUT2D eigenvalue weighted by molar-refractivity contribution is -0.115. The van der Waals surface area contributed by atoms with Crippen LogP contribution in [0.1, 0.15) is 6.42 Å². The molecule has 0 saturated heterocycles. The van der Waals surface area contributed by atoms with Crippen molar-refractivity contribution in [1.29, 1.82) is 5.26 Å². The maximum absolute atomic E-state index is 11.5. The molecule has 0 radical (unpaired) electrons. The largest absolute Gasteiger partial charge is 0.324 e. The zero-order valence-corrected chi connectivity index (χ0v) is 10.1. The van der Waals surface area contributed by atoms with Crippen LogP contribution in [-0.2, 0) is 4.79 Å². The molecule has 1 aliphatic rings. The van der Waals surface area contributed by atoms with E-state index < -0.39 is 0 Å². The summed E-state index contributed by atoms with van der Waals surface area (Å²) >= 11 is 4.81. The highest BCUT2D eigenvalue weighted by atomic mass is 79.9. The van der Waals surface area contributed by atoms with Gasteiger partial charge in [0.2, 0.25) is 5.91 Å². The number of amides is 1. The van der Waals surface area contributed by atoms with Crippen molar-refractivity contribution in [3.8, 4) is 6.07 Å². The van der Waals surface area contributed by atoms with Gasteiger partial charge in [-0.2, -0.15) is 5.26 Å². The molecule has 2 rings (SSSR count). The fourth-order valence-electron chi connectivity index (χ4n) is 1.33. The third kappa shape index (κ3) is 2.16. The van der Waals surface area contributed by atoms with E-state index in [-0.39, 0.29) is 17.6 Å². The highest BCUT2D eigenvalue weighted by Crippen LogP contribution is 2.38. The third-order valence-corrected chi connectivity index (χ3v) is 3.79. The SMILES string of the molecule is N#CCC1Sc2cc(Br)ccc2NC1=O. The monoisotopic (exact) mass is 282 g/mol. The highest BCUT2D eigenvalue weighted by molar-refractivity contribution is 9.10. The Morgan fingerprint density at radius 1 is 1.60 bits per heavy atom. The standard InChI is InChI=1S/C10H7BrN2OS/c11-6-1-2-7-9(5-6)15-8(3-4-12)10(14)13-7/h1-2,5,8H,3H2,(H,13,14). The topological polar surface area (TPSA) is 52.9 Å². The van der Waals surface area contributed by atoms with Crippen molar-refractivity contribution >= 4 is 39.3 Å². The summed E-state index contributed by atoms with van der Waals surface area (Å²) in [6.07, 6.45) is 0.239. The fourth-order valence-corrected chi connectivity index (χ4v) is 2.92. The lowest BCUT2D eigenvalue weighted by Gasteiger charge is -2.22. The number of nitrogens with one attached hydrogen (secondary N) is 1. The van der Waals surface area contributed by atoms with Crippen molar-refractivity contribution in [2.24, 2.45) is 0 Å². The summed E-state index contributed by atoms with van der Waals surface area (Å²) in [5.41, 5.74) is 0.822. The van der Waals surface area contributed by atoms with Gasteiger partial charge in [0.1, 0.15) is 5.25 Å². The van der Waals surface area contributed by atoms with Crippen molar-refractivity contribution in [2.75, 3.05) is 5.32 Å². The second kappa shape index (κ2) is 4.25. The fraction of sp³-hybridized carbons (Fsp3) is 0.200. The lowest BCUT2D eigenvalue weighted by atomic mass is 10.2. The Hall–Kier alpha value is -0.990. The summed E-state index contributed by atoms with van der Waals surface area (Å²) < 4.78 is 0.973. The Bertz CT molecular complexity index is 455. The van der Waals surface area contributed by atoms with Crippen molar-refractivity contribution in [3.05, 3.63) is 22.7 Å². The van der Waals surface area contributed by atoms with Gasteiger partial charge in [-0.05, 0) is 18.2 Å². The van der Waals surface area contributed by atoms with Crippen LogP contribution in [0, 0.1) is 11.3 Å². The molecule has 3 nitrogen and oxygen atoms in total. The second-order valence-electron chi connectivity index (χ2n) is 3.10. The molecule has 0 aromatic heterocycles. The lowest BCUT2D eigenvalue weighted by Crippen LogP contribution is -2.28. The average Bonchev–Trinajstić information content (AvgIpc) is 2.20. The molecule has 0 bridgehead atoms. The summed E-state index contributed by atoms with van der Waals surface area (Å²) in [5.74, 6) is -0.0867. The van der Waals surface area contributed by atoms with Crippen LogP contribution in [0.4, 0.5) is 5.69 Å². The number of nitrogens with zero attached hydrogens (tertiary/aromatic N) is 1. The second-order valence-corrected chi connectivity index (χ2v) is 5.26. The molecule has 0 saturated carbocycles. The van der Waals surface area contributed by atoms with Crippen LogP contribution in [0.5, 0.6) is 0 Å². The van der Waals surface area contributed by atoms with Crippen molar-refractivity contribution in [1.82, 2.24) is 0 Å². The van der Waals surface area contributed by atoms with Gasteiger partial charge >= 0.3 is 0 Å². The minimum absolute atomic E-state index is 0.0867. The van der Waals surface area contributed by atoms with Crippen LogP contribution in [0.3, 0.4) is 0 Å². The number of fused-ring (bicyclic) bond motifs is 1. The van der Waals surface area contributed by atoms with E-state index in [1.54, 1.807) is 0 Å². The molecule has 0 spiro atoms. The van der Waals surface area contributed by atoms with Crippen LogP contribution >= 0.6 is 27.7 Å². The molecule has 1 unspecified atom stereocenters. The Labute approximate surface area is 100.0 Å². The van der Waals surface area contributed by atoms with Gasteiger partial charge in [0.25, 0.3) is 0 Å². The van der Waals surface area contributed by atoms with Crippen molar-refractivity contribution in [3.63, 3.8) is 0 Å². The zero-order valence-electron chi connectivity index (χ0n) is 7.66. The van der Waals surface area contributed by atoms with Crippen LogP contribution < -0.4 is 5.32 Å². The molecular formula is C10H7BrN2OS. The highest BCUT2D eigenvalue weighted by Gasteiger charge is 2.26. The van der Waals surface area contributed by atoms with Crippen molar-refractivity contribution < 1.29 is 4.79 Å². The Morgan fingerprint density at radius 3 is 3.13 bits per heavy atom. The minimum atomic E-state index is -0.295. The van der Waals surface area contributed by atoms with E-state index in [1.165, 1.54) is 11.8 Å². The van der Waals surface area contributed by atoms with Gasteiger partial charge in [-0.3, -0.25) is 4.79 Å². The van der Waals surface area contributed by atoms with Gasteiger partial charge in [-0.15, -0.1) is 11.8 Å². The summed E-state index contributed by atoms with van der Waals surface area (Å²) in [6.45, 7) is 0. The molecule has 0 fully saturated rings. The summed E-state index contributed by atoms with van der Waals surface area (Å²) in [5, 5.41) is 11.1. The number of halogens is 1. The summed E-state index contributed by atoms with van der Waals surface area (Å²) in [7, 11) is 0. The van der Waals surface area contributed by atoms with E-state index in [0.29, 0.717) is 0 Å². The Morgan fingerprint density at radius 2 is 2.40 bits per heavy atom. The number of thioether (sulfide) groups is 1. The molecule has 1 atom stereocenters. The van der Waals surface area contributed by atoms with E-state index in [9.17, 15) is 4.79 Å². The molecule has 1 heterocycles. The van der Waals surface area contributed by atoms with E-state index >= 15 is 0 Å². The predicted molar refractivity (Wildman–Crippen MR) is 62.6 cm³/mol. The number of hydrogen-bond donors (Lipinski definition) is 1. The van der Waals surface area contributed by atoms with Gasteiger partial charge in [0.15, 0.2) is 0 Å². The van der Waals surface area contributed by atoms with E-state index in [2.05, 4.69) is 21.2 Å². The van der Waals surface area contributed by atoms with Crippen molar-refractivity contribution in [2.45, 2.75) is 16.6 Å². The summed E-state index contributed by atoms with van der Waals surface area (Å²) in [4.78, 5) is 12.5. The maximum Gasteiger partial charge on any atom is 0.238 e. The molecule has 1 aromatic carbocycles. The first-order valence-corrected chi connectivity index (χ1v) is 6.02. The van der Waals surface area contributed by atoms with Crippen LogP contribution in [0.15, 0.2) is 27.6 Å². The number of anilines is 1. The first kappa shape index (κ1) is 10.5. The van der Waals surface area contributed by atoms with E-state index in [0.717, 1.165) is 15.1 Å². The van der Waals surface area contributed by atoms with Crippen LogP contribution in [0.2, 0.25) is 0 Å². The van der Waals surface area contributed by atoms with E-state index in [4.69, 9.17) is 5.26 Å². The summed E-state index contributed by atoms with van der Waals surface area (Å²) in [6, 6.07) is 7.70. The smallest absolute Gasteiger partial charge is 0.238 e. The van der Waals surface area contributed by atoms with Gasteiger partial charge in [0, 0.05) is 9.37 Å². The third-order valence-electron chi connectivity index (χ3n) is 2.04. The number of rotatable bonds is 1. The first-order chi connectivity index (χ1) is 7.20. The average molecular weight is 283 g/mol. The molecule has 1 aliphatic heterocycles. The molecular weight excluding hydrogens is 276 g/mol. The maximum atomic E-state index is 11.5. The predicted octanol–water partition coefficient (Wildman–Crippen LogP) is 2.78. The molecule has 1 N–H and O–H groups in total. The Balaban J connectivity index is 2.31. The number of benzene rings is 1. The molecule has 5 heteroatoms. The van der Waals surface area contributed by atoms with Gasteiger partial charge in [-0.1, -0.05) is 15.9 Å². The number of carbonyl (C=O) groups is 1. The zero-order chi connectivity index (χ0) is 10.8. The Kier molecular flexibility index (Phi) is 2.98. The number of carbonyl (C=O) groups excluding carboxylic acids is 1. The van der Waals surface area contributed by atoms with Gasteiger partial charge < -0.3 is 5.32 Å². The van der Waals surface area contributed by atoms with Crippen LogP contribution in [-0.4, -0.2) is 11.2 Å². The number of nitriles is 1. The van der Waals surface area contributed by atoms with E-state index in [1.807, 2.05) is 24.3 Å². The van der Waals surface area contributed by atoms with Gasteiger partial charge in [0.05, 0.1) is 18.2 Å².